The Bertz CT molecular complexity index is 530. The quantitative estimate of drug-likeness (QED) is 0.747. The van der Waals surface area contributed by atoms with E-state index in [-0.39, 0.29) is 0 Å². The number of ether oxygens (including phenoxy) is 1. The molecule has 2 rings (SSSR count). The minimum absolute atomic E-state index is 0.375. The number of methoxy groups -OCH3 is 1. The summed E-state index contributed by atoms with van der Waals surface area (Å²) in [4.78, 5) is 8.95. The van der Waals surface area contributed by atoms with E-state index in [4.69, 9.17) is 4.79 Å². The fourth-order valence-corrected chi connectivity index (χ4v) is 2.12. The molecule has 0 unspecified atom stereocenters. The van der Waals surface area contributed by atoms with Gasteiger partial charge in [0.15, 0.2) is 0 Å². The maximum atomic E-state index is 8.95. The molecular formula is C19H24O2. The SMILES string of the molecule is CCCc1ccc(-c2cccc(CC)c2)cc1.COC=O. The normalized spacial score (nSPS) is 9.48. The van der Waals surface area contributed by atoms with Gasteiger partial charge in [-0.1, -0.05) is 68.8 Å². The van der Waals surface area contributed by atoms with Crippen LogP contribution in [0.4, 0.5) is 0 Å². The largest absolute Gasteiger partial charge is 0.471 e. The summed E-state index contributed by atoms with van der Waals surface area (Å²) >= 11 is 0. The molecule has 0 aliphatic carbocycles. The van der Waals surface area contributed by atoms with Crippen molar-refractivity contribution in [2.45, 2.75) is 33.1 Å². The van der Waals surface area contributed by atoms with Crippen LogP contribution in [-0.2, 0) is 22.4 Å². The number of rotatable bonds is 5. The number of benzene rings is 2. The van der Waals surface area contributed by atoms with Gasteiger partial charge in [0, 0.05) is 0 Å². The van der Waals surface area contributed by atoms with Crippen molar-refractivity contribution in [2.24, 2.45) is 0 Å². The van der Waals surface area contributed by atoms with Gasteiger partial charge in [-0.2, -0.15) is 0 Å². The van der Waals surface area contributed by atoms with Crippen LogP contribution in [0.25, 0.3) is 11.1 Å². The van der Waals surface area contributed by atoms with Gasteiger partial charge in [-0.15, -0.1) is 0 Å². The van der Waals surface area contributed by atoms with Crippen LogP contribution < -0.4 is 0 Å². The second-order valence-electron chi connectivity index (χ2n) is 4.83. The molecule has 2 aromatic carbocycles. The van der Waals surface area contributed by atoms with Crippen LogP contribution in [0.3, 0.4) is 0 Å². The van der Waals surface area contributed by atoms with Crippen LogP contribution in [0.1, 0.15) is 31.4 Å². The molecule has 2 aromatic rings. The van der Waals surface area contributed by atoms with Crippen LogP contribution in [0, 0.1) is 0 Å². The van der Waals surface area contributed by atoms with E-state index >= 15 is 0 Å². The summed E-state index contributed by atoms with van der Waals surface area (Å²) in [5, 5.41) is 0. The fourth-order valence-electron chi connectivity index (χ4n) is 2.12. The summed E-state index contributed by atoms with van der Waals surface area (Å²) in [6, 6.07) is 17.8. The van der Waals surface area contributed by atoms with Gasteiger partial charge in [-0.25, -0.2) is 0 Å². The fraction of sp³-hybridized carbons (Fsp3) is 0.316. The van der Waals surface area contributed by atoms with Crippen LogP contribution in [0.5, 0.6) is 0 Å². The summed E-state index contributed by atoms with van der Waals surface area (Å²) in [6.07, 6.45) is 3.49. The van der Waals surface area contributed by atoms with Crippen molar-refractivity contribution in [1.82, 2.24) is 0 Å². The third kappa shape index (κ3) is 5.82. The first kappa shape index (κ1) is 17.0. The zero-order valence-electron chi connectivity index (χ0n) is 13.1. The van der Waals surface area contributed by atoms with Gasteiger partial charge >= 0.3 is 0 Å². The highest BCUT2D eigenvalue weighted by molar-refractivity contribution is 5.64. The second-order valence-corrected chi connectivity index (χ2v) is 4.83. The molecule has 0 aromatic heterocycles. The highest BCUT2D eigenvalue weighted by atomic mass is 16.5. The summed E-state index contributed by atoms with van der Waals surface area (Å²) in [7, 11) is 1.31. The third-order valence-electron chi connectivity index (χ3n) is 3.26. The molecule has 0 saturated heterocycles. The standard InChI is InChI=1S/C17H20.C2H4O2/c1-3-6-15-9-11-16(12-10-15)17-8-5-7-14(4-2)13-17;1-4-2-3/h5,7-13H,3-4,6H2,1-2H3;2H,1H3. The molecule has 0 bridgehead atoms. The molecule has 0 aliphatic heterocycles. The van der Waals surface area contributed by atoms with Crippen molar-refractivity contribution in [3.63, 3.8) is 0 Å². The first-order valence-electron chi connectivity index (χ1n) is 7.39. The molecule has 0 fully saturated rings. The topological polar surface area (TPSA) is 26.3 Å². The van der Waals surface area contributed by atoms with E-state index in [0.717, 1.165) is 6.42 Å². The average molecular weight is 284 g/mol. The smallest absolute Gasteiger partial charge is 0.292 e. The van der Waals surface area contributed by atoms with Crippen molar-refractivity contribution in [2.75, 3.05) is 7.11 Å². The van der Waals surface area contributed by atoms with Gasteiger partial charge in [0.05, 0.1) is 7.11 Å². The van der Waals surface area contributed by atoms with E-state index in [9.17, 15) is 0 Å². The molecule has 0 aliphatic rings. The van der Waals surface area contributed by atoms with E-state index in [1.165, 1.54) is 42.2 Å². The van der Waals surface area contributed by atoms with Gasteiger partial charge in [0.25, 0.3) is 6.47 Å². The van der Waals surface area contributed by atoms with E-state index in [0.29, 0.717) is 6.47 Å². The molecule has 2 heteroatoms. The second kappa shape index (κ2) is 9.76. The lowest BCUT2D eigenvalue weighted by Gasteiger charge is -2.05. The van der Waals surface area contributed by atoms with Crippen LogP contribution >= 0.6 is 0 Å². The lowest BCUT2D eigenvalue weighted by atomic mass is 10.00. The molecule has 0 saturated carbocycles. The molecule has 0 N–H and O–H groups in total. The van der Waals surface area contributed by atoms with Crippen molar-refractivity contribution < 1.29 is 9.53 Å². The maximum absolute atomic E-state index is 8.95. The maximum Gasteiger partial charge on any atom is 0.292 e. The molecular weight excluding hydrogens is 260 g/mol. The summed E-state index contributed by atoms with van der Waals surface area (Å²) in [5.74, 6) is 0. The van der Waals surface area contributed by atoms with E-state index < -0.39 is 0 Å². The Morgan fingerprint density at radius 2 is 1.62 bits per heavy atom. The van der Waals surface area contributed by atoms with Gasteiger partial charge in [-0.3, -0.25) is 4.79 Å². The van der Waals surface area contributed by atoms with Gasteiger partial charge in [-0.05, 0) is 35.1 Å². The van der Waals surface area contributed by atoms with Crippen molar-refractivity contribution >= 4 is 6.47 Å². The zero-order chi connectivity index (χ0) is 15.5. The van der Waals surface area contributed by atoms with Crippen molar-refractivity contribution in [3.05, 3.63) is 59.7 Å². The molecule has 0 heterocycles. The van der Waals surface area contributed by atoms with E-state index in [1.54, 1.807) is 0 Å². The predicted molar refractivity (Wildman–Crippen MR) is 88.3 cm³/mol. The lowest BCUT2D eigenvalue weighted by molar-refractivity contribution is -0.126. The molecule has 0 atom stereocenters. The minimum Gasteiger partial charge on any atom is -0.471 e. The molecule has 0 spiro atoms. The average Bonchev–Trinajstić information content (AvgIpc) is 2.56. The van der Waals surface area contributed by atoms with Gasteiger partial charge in [0.2, 0.25) is 0 Å². The highest BCUT2D eigenvalue weighted by Gasteiger charge is 1.99. The molecule has 112 valence electrons. The van der Waals surface area contributed by atoms with E-state index in [1.807, 2.05) is 0 Å². The van der Waals surface area contributed by atoms with Gasteiger partial charge < -0.3 is 4.74 Å². The van der Waals surface area contributed by atoms with E-state index in [2.05, 4.69) is 67.1 Å². The Morgan fingerprint density at radius 1 is 0.952 bits per heavy atom. The highest BCUT2D eigenvalue weighted by Crippen LogP contribution is 2.21. The monoisotopic (exact) mass is 284 g/mol. The molecule has 2 nitrogen and oxygen atoms in total. The summed E-state index contributed by atoms with van der Waals surface area (Å²) in [6.45, 7) is 4.79. The minimum atomic E-state index is 0.375. The number of hydrogen-bond acceptors (Lipinski definition) is 2. The Morgan fingerprint density at radius 3 is 2.14 bits per heavy atom. The zero-order valence-corrected chi connectivity index (χ0v) is 13.1. The Kier molecular flexibility index (Phi) is 7.88. The number of carbonyl (C=O) groups excluding carboxylic acids is 1. The summed E-state index contributed by atoms with van der Waals surface area (Å²) < 4.78 is 3.86. The first-order chi connectivity index (χ1) is 10.2. The number of carbonyl (C=O) groups is 1. The predicted octanol–water partition coefficient (Wildman–Crippen LogP) is 4.66. The Hall–Kier alpha value is -2.09. The van der Waals surface area contributed by atoms with Crippen LogP contribution in [0.15, 0.2) is 48.5 Å². The van der Waals surface area contributed by atoms with Crippen molar-refractivity contribution in [1.29, 1.82) is 0 Å². The first-order valence-corrected chi connectivity index (χ1v) is 7.39. The third-order valence-corrected chi connectivity index (χ3v) is 3.26. The molecule has 0 radical (unpaired) electrons. The van der Waals surface area contributed by atoms with Crippen LogP contribution in [0.2, 0.25) is 0 Å². The molecule has 0 amide bonds. The summed E-state index contributed by atoms with van der Waals surface area (Å²) in [5.41, 5.74) is 5.48. The van der Waals surface area contributed by atoms with Crippen molar-refractivity contribution in [3.8, 4) is 11.1 Å². The Balaban J connectivity index is 0.000000491. The van der Waals surface area contributed by atoms with Gasteiger partial charge in [0.1, 0.15) is 0 Å². The molecule has 21 heavy (non-hydrogen) atoms. The number of hydrogen-bond donors (Lipinski definition) is 0. The number of aryl methyl sites for hydroxylation is 2. The lowest BCUT2D eigenvalue weighted by Crippen LogP contribution is -1.85. The van der Waals surface area contributed by atoms with Crippen LogP contribution in [-0.4, -0.2) is 13.6 Å². The Labute approximate surface area is 127 Å².